The zero-order chi connectivity index (χ0) is 9.35. The third kappa shape index (κ3) is 1.24. The molecule has 0 saturated heterocycles. The normalized spacial score (nSPS) is 11.0. The highest BCUT2D eigenvalue weighted by molar-refractivity contribution is 7.89. The van der Waals surface area contributed by atoms with E-state index in [0.717, 1.165) is 12.5 Å². The SMILES string of the molecule is CS(=O)(=O)n1ncc(C#N)c1N. The number of hydrogen-bond donors (Lipinski definition) is 1. The summed E-state index contributed by atoms with van der Waals surface area (Å²) in [5, 5.41) is 11.9. The van der Waals surface area contributed by atoms with Crippen LogP contribution >= 0.6 is 0 Å². The Hall–Kier alpha value is -1.55. The second kappa shape index (κ2) is 2.49. The second-order valence-electron chi connectivity index (χ2n) is 2.16. The minimum atomic E-state index is -3.49. The van der Waals surface area contributed by atoms with E-state index < -0.39 is 10.0 Å². The molecule has 0 atom stereocenters. The molecule has 0 aromatic carbocycles. The molecular formula is C5H6N4O2S. The Morgan fingerprint density at radius 3 is 2.58 bits per heavy atom. The average Bonchev–Trinajstić information content (AvgIpc) is 2.29. The molecule has 64 valence electrons. The third-order valence-electron chi connectivity index (χ3n) is 1.21. The van der Waals surface area contributed by atoms with E-state index in [1.54, 1.807) is 6.07 Å². The molecule has 0 amide bonds. The molecule has 6 nitrogen and oxygen atoms in total. The lowest BCUT2D eigenvalue weighted by atomic mass is 10.4. The lowest BCUT2D eigenvalue weighted by molar-refractivity contribution is 0.587. The van der Waals surface area contributed by atoms with Crippen molar-refractivity contribution in [3.8, 4) is 6.07 Å². The van der Waals surface area contributed by atoms with Crippen LogP contribution in [-0.4, -0.2) is 23.9 Å². The van der Waals surface area contributed by atoms with Gasteiger partial charge in [-0.15, -0.1) is 4.09 Å². The number of nitrogen functional groups attached to an aromatic ring is 1. The molecule has 0 spiro atoms. The third-order valence-corrected chi connectivity index (χ3v) is 2.13. The van der Waals surface area contributed by atoms with Crippen LogP contribution in [0, 0.1) is 11.3 Å². The zero-order valence-corrected chi connectivity index (χ0v) is 7.04. The lowest BCUT2D eigenvalue weighted by Crippen LogP contribution is -2.14. The Kier molecular flexibility index (Phi) is 1.78. The highest BCUT2D eigenvalue weighted by Crippen LogP contribution is 2.10. The van der Waals surface area contributed by atoms with Crippen molar-refractivity contribution in [2.45, 2.75) is 0 Å². The van der Waals surface area contributed by atoms with E-state index in [2.05, 4.69) is 5.10 Å². The van der Waals surface area contributed by atoms with Crippen LogP contribution in [0.5, 0.6) is 0 Å². The van der Waals surface area contributed by atoms with Gasteiger partial charge >= 0.3 is 0 Å². The number of rotatable bonds is 1. The van der Waals surface area contributed by atoms with Crippen molar-refractivity contribution in [1.29, 1.82) is 5.26 Å². The number of anilines is 1. The van der Waals surface area contributed by atoms with Crippen LogP contribution in [0.1, 0.15) is 5.56 Å². The molecule has 0 saturated carbocycles. The van der Waals surface area contributed by atoms with Gasteiger partial charge in [-0.1, -0.05) is 0 Å². The first-order valence-corrected chi connectivity index (χ1v) is 4.76. The maximum Gasteiger partial charge on any atom is 0.252 e. The van der Waals surface area contributed by atoms with Crippen LogP contribution in [-0.2, 0) is 10.0 Å². The number of aromatic nitrogens is 2. The minimum Gasteiger partial charge on any atom is -0.382 e. The quantitative estimate of drug-likeness (QED) is 0.615. The predicted molar refractivity (Wildman–Crippen MR) is 41.6 cm³/mol. The van der Waals surface area contributed by atoms with Gasteiger partial charge in [0.2, 0.25) is 0 Å². The van der Waals surface area contributed by atoms with E-state index in [1.165, 1.54) is 0 Å². The molecule has 0 radical (unpaired) electrons. The molecule has 2 N–H and O–H groups in total. The van der Waals surface area contributed by atoms with E-state index in [4.69, 9.17) is 11.0 Å². The maximum absolute atomic E-state index is 10.9. The maximum atomic E-state index is 10.9. The number of nitrogens with zero attached hydrogens (tertiary/aromatic N) is 3. The summed E-state index contributed by atoms with van der Waals surface area (Å²) in [6.07, 6.45) is 2.06. The van der Waals surface area contributed by atoms with Gasteiger partial charge in [-0.25, -0.2) is 8.42 Å². The Balaban J connectivity index is 3.42. The molecule has 1 rings (SSSR count). The fourth-order valence-electron chi connectivity index (χ4n) is 0.692. The summed E-state index contributed by atoms with van der Waals surface area (Å²) in [6.45, 7) is 0. The highest BCUT2D eigenvalue weighted by atomic mass is 32.2. The van der Waals surface area contributed by atoms with Crippen molar-refractivity contribution in [3.05, 3.63) is 11.8 Å². The van der Waals surface area contributed by atoms with Crippen molar-refractivity contribution >= 4 is 15.8 Å². The summed E-state index contributed by atoms with van der Waals surface area (Å²) >= 11 is 0. The summed E-state index contributed by atoms with van der Waals surface area (Å²) in [5.41, 5.74) is 5.35. The van der Waals surface area contributed by atoms with E-state index in [0.29, 0.717) is 4.09 Å². The Bertz CT molecular complexity index is 439. The first-order chi connectivity index (χ1) is 5.46. The van der Waals surface area contributed by atoms with E-state index in [9.17, 15) is 8.42 Å². The van der Waals surface area contributed by atoms with Crippen LogP contribution in [0.15, 0.2) is 6.20 Å². The van der Waals surface area contributed by atoms with Crippen LogP contribution < -0.4 is 5.73 Å². The molecule has 12 heavy (non-hydrogen) atoms. The molecule has 1 aromatic rings. The number of nitriles is 1. The van der Waals surface area contributed by atoms with Gasteiger partial charge < -0.3 is 5.73 Å². The summed E-state index contributed by atoms with van der Waals surface area (Å²) in [6, 6.07) is 1.71. The van der Waals surface area contributed by atoms with Gasteiger partial charge in [-0.2, -0.15) is 10.4 Å². The van der Waals surface area contributed by atoms with Crippen LogP contribution in [0.2, 0.25) is 0 Å². The van der Waals surface area contributed by atoms with Gasteiger partial charge in [0.15, 0.2) is 5.82 Å². The second-order valence-corrected chi connectivity index (χ2v) is 3.97. The fraction of sp³-hybridized carbons (Fsp3) is 0.200. The van der Waals surface area contributed by atoms with Gasteiger partial charge in [0.1, 0.15) is 11.6 Å². The molecule has 0 aliphatic heterocycles. The van der Waals surface area contributed by atoms with E-state index in [1.807, 2.05) is 0 Å². The summed E-state index contributed by atoms with van der Waals surface area (Å²) in [5.74, 6) is -0.153. The Morgan fingerprint density at radius 1 is 1.75 bits per heavy atom. The minimum absolute atomic E-state index is 0.0559. The average molecular weight is 186 g/mol. The van der Waals surface area contributed by atoms with E-state index >= 15 is 0 Å². The van der Waals surface area contributed by atoms with Crippen molar-refractivity contribution in [1.82, 2.24) is 9.19 Å². The van der Waals surface area contributed by atoms with Crippen molar-refractivity contribution in [3.63, 3.8) is 0 Å². The van der Waals surface area contributed by atoms with Crippen molar-refractivity contribution in [2.75, 3.05) is 12.0 Å². The standard InChI is InChI=1S/C5H6N4O2S/c1-12(10,11)9-5(7)4(2-6)3-8-9/h3H,7H2,1H3. The van der Waals surface area contributed by atoms with Crippen LogP contribution in [0.3, 0.4) is 0 Å². The van der Waals surface area contributed by atoms with Gasteiger partial charge in [-0.05, 0) is 0 Å². The topological polar surface area (TPSA) is 102 Å². The zero-order valence-electron chi connectivity index (χ0n) is 6.22. The molecule has 7 heteroatoms. The first-order valence-electron chi connectivity index (χ1n) is 2.91. The summed E-state index contributed by atoms with van der Waals surface area (Å²) in [7, 11) is -3.49. The first kappa shape index (κ1) is 8.55. The summed E-state index contributed by atoms with van der Waals surface area (Å²) in [4.78, 5) is 0. The highest BCUT2D eigenvalue weighted by Gasteiger charge is 2.13. The monoisotopic (exact) mass is 186 g/mol. The largest absolute Gasteiger partial charge is 0.382 e. The predicted octanol–water partition coefficient (Wildman–Crippen LogP) is -0.855. The molecule has 0 fully saturated rings. The number of nitrogens with two attached hydrogens (primary N) is 1. The Morgan fingerprint density at radius 2 is 2.33 bits per heavy atom. The van der Waals surface area contributed by atoms with Gasteiger partial charge in [0, 0.05) is 0 Å². The van der Waals surface area contributed by atoms with Crippen LogP contribution in [0.25, 0.3) is 0 Å². The van der Waals surface area contributed by atoms with Crippen molar-refractivity contribution < 1.29 is 8.42 Å². The fourth-order valence-corrected chi connectivity index (χ4v) is 1.37. The molecular weight excluding hydrogens is 180 g/mol. The van der Waals surface area contributed by atoms with Gasteiger partial charge in [-0.3, -0.25) is 0 Å². The van der Waals surface area contributed by atoms with Gasteiger partial charge in [0.05, 0.1) is 12.5 Å². The molecule has 1 heterocycles. The van der Waals surface area contributed by atoms with Crippen molar-refractivity contribution in [2.24, 2.45) is 0 Å². The lowest BCUT2D eigenvalue weighted by Gasteiger charge is -1.98. The van der Waals surface area contributed by atoms with E-state index in [-0.39, 0.29) is 11.4 Å². The smallest absolute Gasteiger partial charge is 0.252 e. The molecule has 1 aromatic heterocycles. The molecule has 0 unspecified atom stereocenters. The van der Waals surface area contributed by atoms with Gasteiger partial charge in [0.25, 0.3) is 10.0 Å². The molecule has 0 bridgehead atoms. The number of hydrogen-bond acceptors (Lipinski definition) is 5. The Labute approximate surface area is 69.3 Å². The molecule has 0 aliphatic rings. The van der Waals surface area contributed by atoms with Crippen LogP contribution in [0.4, 0.5) is 5.82 Å². The molecule has 0 aliphatic carbocycles. The summed E-state index contributed by atoms with van der Waals surface area (Å²) < 4.78 is 22.4.